The third kappa shape index (κ3) is 3.92. The molecule has 2 aromatic heterocycles. The molecule has 3 aromatic rings. The van der Waals surface area contributed by atoms with Crippen LogP contribution in [0.2, 0.25) is 0 Å². The number of aryl methyl sites for hydroxylation is 1. The van der Waals surface area contributed by atoms with E-state index < -0.39 is 0 Å². The average molecular weight is 338 g/mol. The Balaban J connectivity index is 1.84. The molecule has 25 heavy (non-hydrogen) atoms. The van der Waals surface area contributed by atoms with Crippen LogP contribution < -0.4 is 16.0 Å². The highest BCUT2D eigenvalue weighted by Gasteiger charge is 2.06. The van der Waals surface area contributed by atoms with Crippen molar-refractivity contribution in [3.8, 4) is 5.75 Å². The molecule has 128 valence electrons. The standard InChI is InChI=1S/C17H18N6O2/c1-3-18-17(25)23-14-7-5-12-16(21-14)22-15(9-19-12)20-11-4-6-13(24)10(2)8-11/h4-9,24H,3H2,1-2H3,(H3,18,20,21,22,23,25). The summed E-state index contributed by atoms with van der Waals surface area (Å²) in [6.07, 6.45) is 1.60. The van der Waals surface area contributed by atoms with Gasteiger partial charge in [0, 0.05) is 12.2 Å². The summed E-state index contributed by atoms with van der Waals surface area (Å²) in [5, 5.41) is 18.0. The highest BCUT2D eigenvalue weighted by atomic mass is 16.3. The van der Waals surface area contributed by atoms with Crippen LogP contribution in [0.5, 0.6) is 5.75 Å². The monoisotopic (exact) mass is 338 g/mol. The van der Waals surface area contributed by atoms with Crippen LogP contribution in [0, 0.1) is 6.92 Å². The number of phenols is 1. The molecule has 3 rings (SSSR count). The minimum atomic E-state index is -0.323. The van der Waals surface area contributed by atoms with E-state index in [2.05, 4.69) is 30.9 Å². The highest BCUT2D eigenvalue weighted by Crippen LogP contribution is 2.23. The van der Waals surface area contributed by atoms with Gasteiger partial charge < -0.3 is 15.7 Å². The number of pyridine rings is 1. The molecular weight excluding hydrogens is 320 g/mol. The lowest BCUT2D eigenvalue weighted by molar-refractivity contribution is 0.252. The van der Waals surface area contributed by atoms with Crippen LogP contribution in [-0.4, -0.2) is 32.6 Å². The Hall–Kier alpha value is -3.42. The Morgan fingerprint density at radius 2 is 1.96 bits per heavy atom. The summed E-state index contributed by atoms with van der Waals surface area (Å²) in [6, 6.07) is 8.25. The molecule has 0 bridgehead atoms. The van der Waals surface area contributed by atoms with Crippen LogP contribution in [0.25, 0.3) is 11.2 Å². The predicted molar refractivity (Wildman–Crippen MR) is 96.2 cm³/mol. The van der Waals surface area contributed by atoms with Gasteiger partial charge in [0.1, 0.15) is 17.1 Å². The minimum Gasteiger partial charge on any atom is -0.508 e. The van der Waals surface area contributed by atoms with Gasteiger partial charge in [-0.15, -0.1) is 0 Å². The number of aromatic hydroxyl groups is 1. The molecule has 0 atom stereocenters. The van der Waals surface area contributed by atoms with Gasteiger partial charge in [-0.1, -0.05) is 0 Å². The SMILES string of the molecule is CCNC(=O)Nc1ccc2ncc(Nc3ccc(O)c(C)c3)nc2n1. The maximum absolute atomic E-state index is 11.6. The second-order valence-electron chi connectivity index (χ2n) is 5.41. The van der Waals surface area contributed by atoms with Crippen molar-refractivity contribution >= 4 is 34.5 Å². The van der Waals surface area contributed by atoms with E-state index in [1.807, 2.05) is 19.9 Å². The van der Waals surface area contributed by atoms with Crippen LogP contribution in [0.3, 0.4) is 0 Å². The van der Waals surface area contributed by atoms with Gasteiger partial charge in [-0.25, -0.2) is 19.7 Å². The first-order valence-electron chi connectivity index (χ1n) is 7.80. The Kier molecular flexibility index (Phi) is 4.60. The number of carbonyl (C=O) groups is 1. The Labute approximate surface area is 144 Å². The van der Waals surface area contributed by atoms with Crippen molar-refractivity contribution in [1.82, 2.24) is 20.3 Å². The Morgan fingerprint density at radius 1 is 1.16 bits per heavy atom. The second-order valence-corrected chi connectivity index (χ2v) is 5.41. The Bertz CT molecular complexity index is 928. The van der Waals surface area contributed by atoms with Gasteiger partial charge >= 0.3 is 6.03 Å². The van der Waals surface area contributed by atoms with Crippen molar-refractivity contribution in [2.75, 3.05) is 17.2 Å². The molecule has 0 spiro atoms. The molecule has 0 fully saturated rings. The Morgan fingerprint density at radius 3 is 2.72 bits per heavy atom. The molecule has 8 nitrogen and oxygen atoms in total. The molecule has 0 aliphatic heterocycles. The lowest BCUT2D eigenvalue weighted by Crippen LogP contribution is -2.28. The number of anilines is 3. The summed E-state index contributed by atoms with van der Waals surface area (Å²) in [6.45, 7) is 4.18. The molecule has 0 saturated heterocycles. The maximum Gasteiger partial charge on any atom is 0.320 e. The quantitative estimate of drug-likeness (QED) is 0.544. The van der Waals surface area contributed by atoms with Crippen molar-refractivity contribution in [2.24, 2.45) is 0 Å². The van der Waals surface area contributed by atoms with Gasteiger partial charge in [-0.3, -0.25) is 5.32 Å². The van der Waals surface area contributed by atoms with E-state index in [4.69, 9.17) is 0 Å². The number of nitrogens with one attached hydrogen (secondary N) is 3. The summed E-state index contributed by atoms with van der Waals surface area (Å²) in [4.78, 5) is 24.6. The smallest absolute Gasteiger partial charge is 0.320 e. The molecule has 0 radical (unpaired) electrons. The van der Waals surface area contributed by atoms with E-state index in [0.717, 1.165) is 11.3 Å². The third-order valence-corrected chi connectivity index (χ3v) is 3.45. The van der Waals surface area contributed by atoms with Gasteiger partial charge in [0.2, 0.25) is 0 Å². The average Bonchev–Trinajstić information content (AvgIpc) is 2.58. The van der Waals surface area contributed by atoms with E-state index in [9.17, 15) is 9.90 Å². The number of nitrogens with zero attached hydrogens (tertiary/aromatic N) is 3. The van der Waals surface area contributed by atoms with Gasteiger partial charge in [0.25, 0.3) is 0 Å². The number of amides is 2. The van der Waals surface area contributed by atoms with Crippen molar-refractivity contribution in [3.05, 3.63) is 42.1 Å². The normalized spacial score (nSPS) is 10.5. The molecule has 4 N–H and O–H groups in total. The van der Waals surface area contributed by atoms with Crippen molar-refractivity contribution in [2.45, 2.75) is 13.8 Å². The van der Waals surface area contributed by atoms with E-state index in [0.29, 0.717) is 29.3 Å². The van der Waals surface area contributed by atoms with Crippen LogP contribution in [0.15, 0.2) is 36.5 Å². The second kappa shape index (κ2) is 7.00. The molecule has 0 aliphatic rings. The van der Waals surface area contributed by atoms with Crippen LogP contribution in [0.4, 0.5) is 22.1 Å². The van der Waals surface area contributed by atoms with Crippen molar-refractivity contribution in [3.63, 3.8) is 0 Å². The molecule has 2 heterocycles. The fourth-order valence-electron chi connectivity index (χ4n) is 2.23. The van der Waals surface area contributed by atoms with E-state index in [1.165, 1.54) is 0 Å². The summed E-state index contributed by atoms with van der Waals surface area (Å²) >= 11 is 0. The summed E-state index contributed by atoms with van der Waals surface area (Å²) in [5.74, 6) is 1.14. The zero-order valence-electron chi connectivity index (χ0n) is 13.9. The first-order valence-corrected chi connectivity index (χ1v) is 7.80. The third-order valence-electron chi connectivity index (χ3n) is 3.45. The maximum atomic E-state index is 11.6. The molecule has 2 amide bonds. The molecular formula is C17H18N6O2. The van der Waals surface area contributed by atoms with E-state index >= 15 is 0 Å². The number of hydrogen-bond acceptors (Lipinski definition) is 6. The van der Waals surface area contributed by atoms with Gasteiger partial charge in [-0.2, -0.15) is 0 Å². The lowest BCUT2D eigenvalue weighted by Gasteiger charge is -2.09. The summed E-state index contributed by atoms with van der Waals surface area (Å²) in [7, 11) is 0. The first-order chi connectivity index (χ1) is 12.0. The van der Waals surface area contributed by atoms with Gasteiger partial charge in [0.15, 0.2) is 11.5 Å². The first kappa shape index (κ1) is 16.4. The zero-order valence-corrected chi connectivity index (χ0v) is 13.9. The lowest BCUT2D eigenvalue weighted by atomic mass is 10.2. The number of rotatable bonds is 4. The number of aromatic nitrogens is 3. The fourth-order valence-corrected chi connectivity index (χ4v) is 2.23. The number of urea groups is 1. The highest BCUT2D eigenvalue weighted by molar-refractivity contribution is 5.89. The van der Waals surface area contributed by atoms with Crippen molar-refractivity contribution in [1.29, 1.82) is 0 Å². The van der Waals surface area contributed by atoms with Crippen LogP contribution >= 0.6 is 0 Å². The fraction of sp³-hybridized carbons (Fsp3) is 0.176. The topological polar surface area (TPSA) is 112 Å². The van der Waals surface area contributed by atoms with Crippen LogP contribution in [-0.2, 0) is 0 Å². The molecule has 1 aromatic carbocycles. The number of hydrogen-bond donors (Lipinski definition) is 4. The van der Waals surface area contributed by atoms with Gasteiger partial charge in [0.05, 0.1) is 6.20 Å². The number of carbonyl (C=O) groups excluding carboxylic acids is 1. The van der Waals surface area contributed by atoms with Crippen LogP contribution in [0.1, 0.15) is 12.5 Å². The van der Waals surface area contributed by atoms with E-state index in [-0.39, 0.29) is 11.8 Å². The minimum absolute atomic E-state index is 0.234. The molecule has 0 unspecified atom stereocenters. The van der Waals surface area contributed by atoms with E-state index in [1.54, 1.807) is 30.5 Å². The molecule has 0 saturated carbocycles. The van der Waals surface area contributed by atoms with Crippen molar-refractivity contribution < 1.29 is 9.90 Å². The number of fused-ring (bicyclic) bond motifs is 1. The number of phenolic OH excluding ortho intramolecular Hbond substituents is 1. The van der Waals surface area contributed by atoms with Gasteiger partial charge in [-0.05, 0) is 49.7 Å². The zero-order chi connectivity index (χ0) is 17.8. The molecule has 0 aliphatic carbocycles. The largest absolute Gasteiger partial charge is 0.508 e. The molecule has 8 heteroatoms. The summed E-state index contributed by atoms with van der Waals surface area (Å²) in [5.41, 5.74) is 2.56. The summed E-state index contributed by atoms with van der Waals surface area (Å²) < 4.78 is 0. The predicted octanol–water partition coefficient (Wildman–Crippen LogP) is 2.92. The number of benzene rings is 1.